The summed E-state index contributed by atoms with van der Waals surface area (Å²) in [6, 6.07) is 0. The Morgan fingerprint density at radius 3 is 1.88 bits per heavy atom. The highest BCUT2D eigenvalue weighted by atomic mass is 32.3. The van der Waals surface area contributed by atoms with Crippen LogP contribution in [0.4, 0.5) is 0 Å². The van der Waals surface area contributed by atoms with Gasteiger partial charge in [-0.3, -0.25) is 4.57 Å². The Morgan fingerprint density at radius 2 is 1.62 bits per heavy atom. The molecule has 0 aliphatic rings. The van der Waals surface area contributed by atoms with Crippen molar-refractivity contribution in [3.05, 3.63) is 6.26 Å². The van der Waals surface area contributed by atoms with E-state index in [0.717, 1.165) is 0 Å². The molecule has 98 valence electrons. The first kappa shape index (κ1) is 16.5. The second-order valence-corrected chi connectivity index (χ2v) is 9.95. The Morgan fingerprint density at radius 1 is 1.25 bits per heavy atom. The molecule has 0 aromatic rings. The zero-order valence-electron chi connectivity index (χ0n) is 10.7. The molecule has 0 aromatic heterocycles. The highest BCUT2D eigenvalue weighted by Crippen LogP contribution is 2.66. The molecule has 0 heterocycles. The standard InChI is InChI=1S/C10H23O4PS/c1-7-13-15(11,14-8-2)9-16(6,12)10(3,4)5/h6,12H,7-9H2,1-5H3. The molecular weight excluding hydrogens is 247 g/mol. The van der Waals surface area contributed by atoms with Crippen molar-refractivity contribution in [1.82, 2.24) is 0 Å². The van der Waals surface area contributed by atoms with Gasteiger partial charge in [-0.25, -0.2) is 0 Å². The maximum absolute atomic E-state index is 12.2. The maximum atomic E-state index is 12.2. The van der Waals surface area contributed by atoms with Gasteiger partial charge in [0.25, 0.3) is 0 Å². The third kappa shape index (κ3) is 4.76. The maximum Gasteiger partial charge on any atom is 0.341 e. The third-order valence-corrected chi connectivity index (χ3v) is 8.33. The molecule has 0 saturated heterocycles. The molecule has 2 radical (unpaired) electrons. The van der Waals surface area contributed by atoms with Crippen LogP contribution in [0.3, 0.4) is 0 Å². The molecule has 1 N–H and O–H groups in total. The highest BCUT2D eigenvalue weighted by Gasteiger charge is 2.39. The minimum atomic E-state index is -3.28. The van der Waals surface area contributed by atoms with Crippen molar-refractivity contribution in [3.63, 3.8) is 0 Å². The Bertz CT molecular complexity index is 250. The normalized spacial score (nSPS) is 19.2. The average molecular weight is 270 g/mol. The van der Waals surface area contributed by atoms with E-state index in [1.807, 2.05) is 20.8 Å². The van der Waals surface area contributed by atoms with Crippen molar-refractivity contribution in [2.24, 2.45) is 0 Å². The molecular formula is C10H23O4PS. The number of rotatable bonds is 6. The van der Waals surface area contributed by atoms with E-state index >= 15 is 0 Å². The summed E-state index contributed by atoms with van der Waals surface area (Å²) in [5, 5.41) is 0. The summed E-state index contributed by atoms with van der Waals surface area (Å²) >= 11 is 0. The third-order valence-electron chi connectivity index (χ3n) is 2.07. The summed E-state index contributed by atoms with van der Waals surface area (Å²) in [6.07, 6.45) is 5.85. The van der Waals surface area contributed by atoms with E-state index in [0.29, 0.717) is 0 Å². The number of hydrogen-bond donors (Lipinski definition) is 1. The molecule has 0 aliphatic carbocycles. The molecule has 0 bridgehead atoms. The van der Waals surface area contributed by atoms with E-state index in [1.165, 1.54) is 0 Å². The van der Waals surface area contributed by atoms with Crippen molar-refractivity contribution in [2.45, 2.75) is 39.4 Å². The summed E-state index contributed by atoms with van der Waals surface area (Å²) in [5.74, 6) is 0. The van der Waals surface area contributed by atoms with Crippen LogP contribution in [-0.2, 0) is 13.6 Å². The Hall–Kier alpha value is 0.460. The topological polar surface area (TPSA) is 55.8 Å². The van der Waals surface area contributed by atoms with Gasteiger partial charge in [0.05, 0.1) is 13.2 Å². The average Bonchev–Trinajstić information content (AvgIpc) is 2.00. The van der Waals surface area contributed by atoms with Crippen LogP contribution < -0.4 is 0 Å². The lowest BCUT2D eigenvalue weighted by Gasteiger charge is -2.42. The largest absolute Gasteiger partial charge is 0.350 e. The Balaban J connectivity index is 4.82. The Labute approximate surface area is 101 Å². The van der Waals surface area contributed by atoms with Gasteiger partial charge in [0.2, 0.25) is 0 Å². The molecule has 6 heteroatoms. The zero-order valence-corrected chi connectivity index (χ0v) is 12.4. The van der Waals surface area contributed by atoms with Crippen LogP contribution >= 0.6 is 17.9 Å². The van der Waals surface area contributed by atoms with Gasteiger partial charge in [-0.2, -0.15) is 0 Å². The van der Waals surface area contributed by atoms with E-state index in [2.05, 4.69) is 0 Å². The van der Waals surface area contributed by atoms with Crippen LogP contribution in [0.5, 0.6) is 0 Å². The van der Waals surface area contributed by atoms with Gasteiger partial charge in [-0.15, -0.1) is 10.3 Å². The molecule has 0 spiro atoms. The van der Waals surface area contributed by atoms with Crippen LogP contribution in [-0.4, -0.2) is 28.0 Å². The summed E-state index contributed by atoms with van der Waals surface area (Å²) in [6.45, 7) is 9.44. The molecule has 0 saturated carbocycles. The van der Waals surface area contributed by atoms with Gasteiger partial charge in [0, 0.05) is 11.0 Å². The Kier molecular flexibility index (Phi) is 6.04. The van der Waals surface area contributed by atoms with E-state index in [4.69, 9.17) is 15.3 Å². The lowest BCUT2D eigenvalue weighted by atomic mass is 10.3. The summed E-state index contributed by atoms with van der Waals surface area (Å²) in [5.41, 5.74) is -0.120. The van der Waals surface area contributed by atoms with Crippen LogP contribution in [0.25, 0.3) is 0 Å². The van der Waals surface area contributed by atoms with Crippen molar-refractivity contribution >= 4 is 17.9 Å². The van der Waals surface area contributed by atoms with Crippen LogP contribution in [0.2, 0.25) is 0 Å². The molecule has 0 rings (SSSR count). The SMILES string of the molecule is [CH]S(O)(CP(=O)(OCC)OCC)C(C)(C)C. The molecule has 1 atom stereocenters. The highest BCUT2D eigenvalue weighted by molar-refractivity contribution is 8.33. The fourth-order valence-corrected chi connectivity index (χ4v) is 5.88. The van der Waals surface area contributed by atoms with Crippen molar-refractivity contribution < 1.29 is 18.2 Å². The molecule has 0 aromatic carbocycles. The number of hydrogen-bond acceptors (Lipinski definition) is 4. The summed E-state index contributed by atoms with van der Waals surface area (Å²) in [7, 11) is -5.79. The van der Waals surface area contributed by atoms with Gasteiger partial charge in [-0.05, 0) is 13.8 Å². The monoisotopic (exact) mass is 270 g/mol. The predicted molar refractivity (Wildman–Crippen MR) is 70.0 cm³/mol. The van der Waals surface area contributed by atoms with Crippen molar-refractivity contribution in [2.75, 3.05) is 18.7 Å². The summed E-state index contributed by atoms with van der Waals surface area (Å²) in [4.78, 5) is 0. The van der Waals surface area contributed by atoms with Crippen LogP contribution in [0.1, 0.15) is 34.6 Å². The second-order valence-electron chi connectivity index (χ2n) is 4.44. The molecule has 0 fully saturated rings. The zero-order chi connectivity index (χ0) is 13.0. The second kappa shape index (κ2) is 5.87. The quantitative estimate of drug-likeness (QED) is 0.742. The molecule has 0 aliphatic heterocycles. The van der Waals surface area contributed by atoms with Crippen LogP contribution in [0.15, 0.2) is 0 Å². The molecule has 4 nitrogen and oxygen atoms in total. The first-order chi connectivity index (χ1) is 7.08. The lowest BCUT2D eigenvalue weighted by Crippen LogP contribution is -2.25. The smallest absolute Gasteiger partial charge is 0.341 e. The fourth-order valence-electron chi connectivity index (χ4n) is 0.940. The fraction of sp³-hybridized carbons (Fsp3) is 0.900. The molecule has 16 heavy (non-hydrogen) atoms. The first-order valence-electron chi connectivity index (χ1n) is 5.27. The molecule has 1 unspecified atom stereocenters. The lowest BCUT2D eigenvalue weighted by molar-refractivity contribution is 0.223. The van der Waals surface area contributed by atoms with E-state index in [1.54, 1.807) is 13.8 Å². The van der Waals surface area contributed by atoms with E-state index in [9.17, 15) is 9.12 Å². The van der Waals surface area contributed by atoms with Crippen molar-refractivity contribution in [3.8, 4) is 0 Å². The van der Waals surface area contributed by atoms with Crippen LogP contribution in [0, 0.1) is 6.26 Å². The van der Waals surface area contributed by atoms with E-state index in [-0.39, 0.29) is 18.7 Å². The van der Waals surface area contributed by atoms with Gasteiger partial charge in [0.1, 0.15) is 5.49 Å². The first-order valence-corrected chi connectivity index (χ1v) is 8.82. The molecule has 0 amide bonds. The minimum absolute atomic E-state index is 0.120. The van der Waals surface area contributed by atoms with Gasteiger partial charge in [0.15, 0.2) is 0 Å². The summed E-state index contributed by atoms with van der Waals surface area (Å²) < 4.78 is 32.1. The van der Waals surface area contributed by atoms with Crippen molar-refractivity contribution in [1.29, 1.82) is 0 Å². The van der Waals surface area contributed by atoms with Gasteiger partial charge < -0.3 is 13.6 Å². The van der Waals surface area contributed by atoms with Gasteiger partial charge >= 0.3 is 7.60 Å². The predicted octanol–water partition coefficient (Wildman–Crippen LogP) is 3.95. The minimum Gasteiger partial charge on any atom is -0.350 e. The van der Waals surface area contributed by atoms with E-state index < -0.39 is 22.7 Å². The van der Waals surface area contributed by atoms with Gasteiger partial charge in [-0.1, -0.05) is 20.8 Å².